The molecule has 0 amide bonds. The van der Waals surface area contributed by atoms with Crippen LogP contribution < -0.4 is 4.90 Å². The minimum atomic E-state index is 1.14. The first-order chi connectivity index (χ1) is 34.6. The maximum absolute atomic E-state index is 2.46. The minimum absolute atomic E-state index is 1.14. The average Bonchev–Trinajstić information content (AvgIpc) is 3.29. The van der Waals surface area contributed by atoms with Gasteiger partial charge < -0.3 is 4.90 Å². The van der Waals surface area contributed by atoms with Crippen molar-refractivity contribution in [3.63, 3.8) is 0 Å². The molecule has 0 saturated heterocycles. The van der Waals surface area contributed by atoms with Crippen molar-refractivity contribution in [2.24, 2.45) is 0 Å². The lowest BCUT2D eigenvalue weighted by atomic mass is 9.86. The van der Waals surface area contributed by atoms with Gasteiger partial charge in [-0.15, -0.1) is 0 Å². The van der Waals surface area contributed by atoms with Gasteiger partial charge in [-0.2, -0.15) is 0 Å². The Morgan fingerprint density at radius 1 is 0.178 bits per heavy atom. The van der Waals surface area contributed by atoms with E-state index in [2.05, 4.69) is 257 Å². The van der Waals surface area contributed by atoms with Gasteiger partial charge in [0, 0.05) is 17.1 Å². The van der Waals surface area contributed by atoms with E-state index in [1.54, 1.807) is 0 Å². The summed E-state index contributed by atoms with van der Waals surface area (Å²) in [5, 5.41) is 0. The molecule has 0 aromatic heterocycles. The van der Waals surface area contributed by atoms with E-state index in [0.29, 0.717) is 0 Å². The van der Waals surface area contributed by atoms with E-state index in [9.17, 15) is 0 Å². The lowest BCUT2D eigenvalue weighted by molar-refractivity contribution is 1.25. The predicted octanol–water partition coefficient (Wildman–Crippen LogP) is 20.7. The van der Waals surface area contributed by atoms with E-state index in [4.69, 9.17) is 0 Å². The van der Waals surface area contributed by atoms with Gasteiger partial charge in [-0.3, -0.25) is 0 Å². The van der Waals surface area contributed by atoms with Gasteiger partial charge in [-0.05, 0) is 311 Å². The summed E-state index contributed by atoms with van der Waals surface area (Å²) in [7, 11) is 0. The van der Waals surface area contributed by atoms with Crippen LogP contribution in [0.4, 0.5) is 17.1 Å². The van der Waals surface area contributed by atoms with Crippen LogP contribution in [0.1, 0.15) is 100 Å². The second-order valence-corrected chi connectivity index (χ2v) is 22.1. The Morgan fingerprint density at radius 3 is 0.589 bits per heavy atom. The summed E-state index contributed by atoms with van der Waals surface area (Å²) in [4.78, 5) is 2.46. The highest BCUT2D eigenvalue weighted by Crippen LogP contribution is 2.45. The van der Waals surface area contributed by atoms with Gasteiger partial charge in [0.1, 0.15) is 0 Å². The van der Waals surface area contributed by atoms with Crippen molar-refractivity contribution in [3.05, 3.63) is 228 Å². The second kappa shape index (κ2) is 19.7. The molecular formula is C72H75N. The standard InChI is InChI=1S/C72H75N/c1-40-25-52(13)70(53(14)26-40)67-37-46(7)64(34-49(67)10)61-22-19-58(31-43(61)4)73(59-20-23-62(44(5)32-59)65-35-50(11)68(38-47(65)8)71-54(15)27-41(2)28-55(71)16)60-21-24-63(45(6)33-60)66-36-51(12)69(39-48(66)9)72-56(17)29-42(3)30-57(72)18/h19-39H,1-18H3. The van der Waals surface area contributed by atoms with Crippen molar-refractivity contribution >= 4 is 17.1 Å². The first-order valence-corrected chi connectivity index (χ1v) is 26.3. The monoisotopic (exact) mass is 954 g/mol. The van der Waals surface area contributed by atoms with Crippen LogP contribution in [0, 0.1) is 125 Å². The number of anilines is 3. The van der Waals surface area contributed by atoms with E-state index in [0.717, 1.165) is 17.1 Å². The van der Waals surface area contributed by atoms with Crippen LogP contribution in [0.3, 0.4) is 0 Å². The summed E-state index contributed by atoms with van der Waals surface area (Å²) in [5.41, 5.74) is 42.5. The van der Waals surface area contributed by atoms with Gasteiger partial charge in [0.2, 0.25) is 0 Å². The first kappa shape index (κ1) is 50.7. The van der Waals surface area contributed by atoms with Crippen molar-refractivity contribution < 1.29 is 0 Å². The smallest absolute Gasteiger partial charge is 0.0464 e. The summed E-state index contributed by atoms with van der Waals surface area (Å²) < 4.78 is 0. The van der Waals surface area contributed by atoms with E-state index < -0.39 is 0 Å². The maximum atomic E-state index is 2.46. The fourth-order valence-electron chi connectivity index (χ4n) is 12.7. The zero-order chi connectivity index (χ0) is 52.5. The number of rotatable bonds is 9. The van der Waals surface area contributed by atoms with Crippen molar-refractivity contribution in [2.45, 2.75) is 125 Å². The topological polar surface area (TPSA) is 3.24 Å². The lowest BCUT2D eigenvalue weighted by Crippen LogP contribution is -2.11. The summed E-state index contributed by atoms with van der Waals surface area (Å²) >= 11 is 0. The third-order valence-electron chi connectivity index (χ3n) is 15.8. The molecule has 0 saturated carbocycles. The van der Waals surface area contributed by atoms with Crippen molar-refractivity contribution in [1.29, 1.82) is 0 Å². The molecule has 0 aliphatic rings. The quantitative estimate of drug-likeness (QED) is 0.139. The Bertz CT molecular complexity index is 3250. The molecule has 0 fully saturated rings. The molecule has 9 aromatic carbocycles. The number of benzene rings is 9. The highest BCUT2D eigenvalue weighted by molar-refractivity contribution is 5.88. The summed E-state index contributed by atoms with van der Waals surface area (Å²) in [6.07, 6.45) is 0. The molecule has 0 heterocycles. The van der Waals surface area contributed by atoms with Crippen LogP contribution >= 0.6 is 0 Å². The largest absolute Gasteiger partial charge is 0.310 e. The Kier molecular flexibility index (Phi) is 13.7. The first-order valence-electron chi connectivity index (χ1n) is 26.3. The third-order valence-corrected chi connectivity index (χ3v) is 15.8. The van der Waals surface area contributed by atoms with Crippen LogP contribution in [-0.2, 0) is 0 Å². The Labute approximate surface area is 438 Å². The molecule has 1 heteroatoms. The molecule has 0 aliphatic carbocycles. The number of hydrogen-bond donors (Lipinski definition) is 0. The highest BCUT2D eigenvalue weighted by Gasteiger charge is 2.22. The highest BCUT2D eigenvalue weighted by atomic mass is 15.1. The molecule has 0 bridgehead atoms. The lowest BCUT2D eigenvalue weighted by Gasteiger charge is -2.28. The van der Waals surface area contributed by atoms with E-state index >= 15 is 0 Å². The Morgan fingerprint density at radius 2 is 0.370 bits per heavy atom. The Balaban J connectivity index is 1.14. The zero-order valence-electron chi connectivity index (χ0n) is 47.1. The maximum Gasteiger partial charge on any atom is 0.0464 e. The molecule has 9 rings (SSSR count). The van der Waals surface area contributed by atoms with Gasteiger partial charge >= 0.3 is 0 Å². The number of aryl methyl sites for hydroxylation is 18. The van der Waals surface area contributed by atoms with E-state index in [1.165, 1.54) is 167 Å². The fourth-order valence-corrected chi connectivity index (χ4v) is 12.7. The number of nitrogens with zero attached hydrogens (tertiary/aromatic N) is 1. The molecule has 368 valence electrons. The molecule has 9 aromatic rings. The van der Waals surface area contributed by atoms with E-state index in [-0.39, 0.29) is 0 Å². The molecule has 0 spiro atoms. The van der Waals surface area contributed by atoms with Crippen LogP contribution in [-0.4, -0.2) is 0 Å². The van der Waals surface area contributed by atoms with Gasteiger partial charge in [0.25, 0.3) is 0 Å². The van der Waals surface area contributed by atoms with Crippen LogP contribution in [0.2, 0.25) is 0 Å². The normalized spacial score (nSPS) is 11.4. The predicted molar refractivity (Wildman–Crippen MR) is 319 cm³/mol. The average molecular weight is 954 g/mol. The summed E-state index contributed by atoms with van der Waals surface area (Å²) in [5.74, 6) is 0. The minimum Gasteiger partial charge on any atom is -0.310 e. The van der Waals surface area contributed by atoms with Gasteiger partial charge in [-0.1, -0.05) is 108 Å². The second-order valence-electron chi connectivity index (χ2n) is 22.1. The SMILES string of the molecule is Cc1cc(C)c(-c2cc(C)c(-c3ccc(N(c4ccc(-c5cc(C)c(-c6c(C)cc(C)cc6C)cc5C)c(C)c4)c4ccc(-c5cc(C)c(-c6c(C)cc(C)cc6C)cc5C)c(C)c4)cc3C)cc2C)c(C)c1. The molecular weight excluding hydrogens is 879 g/mol. The molecule has 0 radical (unpaired) electrons. The molecule has 73 heavy (non-hydrogen) atoms. The zero-order valence-corrected chi connectivity index (χ0v) is 47.1. The van der Waals surface area contributed by atoms with Crippen LogP contribution in [0.5, 0.6) is 0 Å². The molecule has 0 aliphatic heterocycles. The van der Waals surface area contributed by atoms with Gasteiger partial charge in [-0.25, -0.2) is 0 Å². The summed E-state index contributed by atoms with van der Waals surface area (Å²) in [6.45, 7) is 40.5. The van der Waals surface area contributed by atoms with Crippen molar-refractivity contribution in [2.75, 3.05) is 4.90 Å². The van der Waals surface area contributed by atoms with Gasteiger partial charge in [0.15, 0.2) is 0 Å². The van der Waals surface area contributed by atoms with Gasteiger partial charge in [0.05, 0.1) is 0 Å². The Hall–Kier alpha value is -7.22. The van der Waals surface area contributed by atoms with E-state index in [1.807, 2.05) is 0 Å². The molecule has 0 unspecified atom stereocenters. The molecule has 0 atom stereocenters. The van der Waals surface area contributed by atoms with Crippen molar-refractivity contribution in [3.8, 4) is 66.8 Å². The molecule has 0 N–H and O–H groups in total. The number of hydrogen-bond acceptors (Lipinski definition) is 1. The van der Waals surface area contributed by atoms with Crippen molar-refractivity contribution in [1.82, 2.24) is 0 Å². The van der Waals surface area contributed by atoms with Crippen LogP contribution in [0.25, 0.3) is 66.8 Å². The van der Waals surface area contributed by atoms with Crippen LogP contribution in [0.15, 0.2) is 127 Å². The third kappa shape index (κ3) is 9.52. The summed E-state index contributed by atoms with van der Waals surface area (Å²) in [6, 6.07) is 49.5. The fraction of sp³-hybridized carbons (Fsp3) is 0.250. The molecule has 1 nitrogen and oxygen atoms in total.